The number of aliphatic hydroxyl groups excluding tert-OH is 1. The molecule has 10 nitrogen and oxygen atoms in total. The van der Waals surface area contributed by atoms with E-state index < -0.39 is 35.9 Å². The van der Waals surface area contributed by atoms with Crippen molar-refractivity contribution in [3.8, 4) is 5.75 Å². The highest BCUT2D eigenvalue weighted by Gasteiger charge is 2.31. The second-order valence-corrected chi connectivity index (χ2v) is 12.2. The van der Waals surface area contributed by atoms with Crippen LogP contribution in [0.2, 0.25) is 0 Å². The van der Waals surface area contributed by atoms with E-state index in [0.29, 0.717) is 44.6 Å². The van der Waals surface area contributed by atoms with E-state index in [-0.39, 0.29) is 24.3 Å². The third-order valence-electron chi connectivity index (χ3n) is 7.40. The summed E-state index contributed by atoms with van der Waals surface area (Å²) >= 11 is 0. The zero-order valence-electron chi connectivity index (χ0n) is 26.0. The fourth-order valence-electron chi connectivity index (χ4n) is 4.77. The van der Waals surface area contributed by atoms with Crippen molar-refractivity contribution >= 4 is 17.9 Å². The number of alkyl carbamates (subject to hydrolysis) is 1. The largest absolute Gasteiger partial charge is 0.494 e. The zero-order valence-corrected chi connectivity index (χ0v) is 26.0. The normalized spacial score (nSPS) is 20.3. The van der Waals surface area contributed by atoms with Crippen LogP contribution in [0.1, 0.15) is 58.6 Å². The van der Waals surface area contributed by atoms with Gasteiger partial charge in [0.2, 0.25) is 11.8 Å². The van der Waals surface area contributed by atoms with Gasteiger partial charge in [0.25, 0.3) is 0 Å². The molecule has 2 heterocycles. The van der Waals surface area contributed by atoms with Crippen molar-refractivity contribution in [3.05, 3.63) is 65.7 Å². The molecule has 0 saturated heterocycles. The second kappa shape index (κ2) is 16.3. The van der Waals surface area contributed by atoms with Crippen LogP contribution in [0.4, 0.5) is 4.79 Å². The van der Waals surface area contributed by atoms with E-state index in [4.69, 9.17) is 9.47 Å². The van der Waals surface area contributed by atoms with Crippen LogP contribution < -0.4 is 26.0 Å². The highest BCUT2D eigenvalue weighted by atomic mass is 16.6. The van der Waals surface area contributed by atoms with Crippen molar-refractivity contribution in [3.63, 3.8) is 0 Å². The molecule has 0 fully saturated rings. The van der Waals surface area contributed by atoms with Gasteiger partial charge in [0.15, 0.2) is 0 Å². The highest BCUT2D eigenvalue weighted by molar-refractivity contribution is 5.90. The molecule has 2 aliphatic heterocycles. The Morgan fingerprint density at radius 1 is 1.09 bits per heavy atom. The number of fused-ring (bicyclic) bond motifs is 12. The summed E-state index contributed by atoms with van der Waals surface area (Å²) in [6.07, 6.45) is 0.328. The molecular weight excluding hydrogens is 548 g/mol. The molecule has 3 amide bonds. The number of rotatable bonds is 9. The number of ether oxygens (including phenoxy) is 2. The number of hydrogen-bond acceptors (Lipinski definition) is 7. The number of amides is 3. The van der Waals surface area contributed by atoms with Crippen LogP contribution in [-0.4, -0.2) is 72.5 Å². The van der Waals surface area contributed by atoms with E-state index in [9.17, 15) is 19.5 Å². The summed E-state index contributed by atoms with van der Waals surface area (Å²) in [5.74, 6) is 0.0426. The van der Waals surface area contributed by atoms with E-state index in [1.54, 1.807) is 20.8 Å². The van der Waals surface area contributed by atoms with Crippen molar-refractivity contribution in [1.82, 2.24) is 21.3 Å². The summed E-state index contributed by atoms with van der Waals surface area (Å²) in [7, 11) is 0. The van der Waals surface area contributed by atoms with Crippen molar-refractivity contribution < 1.29 is 29.0 Å². The predicted molar refractivity (Wildman–Crippen MR) is 166 cm³/mol. The lowest BCUT2D eigenvalue weighted by Gasteiger charge is -2.29. The number of nitrogens with one attached hydrogen (secondary N) is 4. The summed E-state index contributed by atoms with van der Waals surface area (Å²) in [6, 6.07) is 14.9. The smallest absolute Gasteiger partial charge is 0.407 e. The minimum Gasteiger partial charge on any atom is -0.494 e. The number of benzene rings is 2. The third-order valence-corrected chi connectivity index (χ3v) is 7.40. The van der Waals surface area contributed by atoms with E-state index in [0.717, 1.165) is 11.1 Å². The molecule has 0 radical (unpaired) electrons. The number of carbonyl (C=O) groups is 3. The van der Waals surface area contributed by atoms with Gasteiger partial charge in [0.1, 0.15) is 17.4 Å². The molecule has 5 N–H and O–H groups in total. The van der Waals surface area contributed by atoms with Gasteiger partial charge < -0.3 is 35.8 Å². The lowest BCUT2D eigenvalue weighted by atomic mass is 9.96. The quantitative estimate of drug-likeness (QED) is 0.300. The van der Waals surface area contributed by atoms with Crippen LogP contribution in [0, 0.1) is 5.92 Å². The first kappa shape index (κ1) is 33.9. The van der Waals surface area contributed by atoms with Crippen molar-refractivity contribution in [2.24, 2.45) is 5.92 Å². The molecule has 2 aliphatic rings. The standard InChI is InChI=1S/C33H48N4O6/c1-6-22(2)29-31(40)34-17-10-18-42-25-15-13-24(14-16-25)20-27(30(39)37-29)35-21-28(38)26(19-23-11-8-7-9-12-23)36-32(41)43-33(3,4)5/h7-9,11-16,22,26-29,35,38H,6,10,17-21H2,1-5H3,(H,34,40)(H,36,41)(H,37,39)/t22?,26-,27?,28?,29-/m0/s1. The minimum atomic E-state index is -1.05. The van der Waals surface area contributed by atoms with Gasteiger partial charge in [-0.3, -0.25) is 9.59 Å². The maximum absolute atomic E-state index is 13.7. The van der Waals surface area contributed by atoms with Crippen molar-refractivity contribution in [2.75, 3.05) is 19.7 Å². The van der Waals surface area contributed by atoms with Crippen LogP contribution >= 0.6 is 0 Å². The number of hydrogen-bond donors (Lipinski definition) is 5. The molecule has 236 valence electrons. The Balaban J connectivity index is 1.81. The monoisotopic (exact) mass is 596 g/mol. The summed E-state index contributed by atoms with van der Waals surface area (Å²) in [5.41, 5.74) is 1.12. The first-order chi connectivity index (χ1) is 20.4. The van der Waals surface area contributed by atoms with Gasteiger partial charge in [0, 0.05) is 13.1 Å². The van der Waals surface area contributed by atoms with Crippen LogP contribution in [0.3, 0.4) is 0 Å². The van der Waals surface area contributed by atoms with Gasteiger partial charge in [-0.05, 0) is 69.2 Å². The Labute approximate surface area is 255 Å². The third kappa shape index (κ3) is 11.5. The van der Waals surface area contributed by atoms with Gasteiger partial charge in [0.05, 0.1) is 24.8 Å². The number of carbonyl (C=O) groups excluding carboxylic acids is 3. The topological polar surface area (TPSA) is 138 Å². The van der Waals surface area contributed by atoms with Crippen LogP contribution in [0.5, 0.6) is 5.75 Å². The highest BCUT2D eigenvalue weighted by Crippen LogP contribution is 2.16. The van der Waals surface area contributed by atoms with Crippen LogP contribution in [0.15, 0.2) is 54.6 Å². The zero-order chi connectivity index (χ0) is 31.4. The fraction of sp³-hybridized carbons (Fsp3) is 0.545. The fourth-order valence-corrected chi connectivity index (χ4v) is 4.77. The SMILES string of the molecule is CCC(C)[C@@H]1NC(=O)C(NCC(O)[C@H](Cc2ccccc2)NC(=O)OC(C)(C)C)Cc2ccc(cc2)OCCCNC1=O. The molecule has 0 saturated carbocycles. The average Bonchev–Trinajstić information content (AvgIpc) is 2.97. The number of aliphatic hydroxyl groups is 1. The molecule has 3 unspecified atom stereocenters. The van der Waals surface area contributed by atoms with Crippen LogP contribution in [-0.2, 0) is 27.2 Å². The molecule has 0 spiro atoms. The van der Waals surface area contributed by atoms with E-state index >= 15 is 0 Å². The van der Waals surface area contributed by atoms with Gasteiger partial charge in [-0.1, -0.05) is 62.7 Å². The maximum Gasteiger partial charge on any atom is 0.407 e. The molecular formula is C33H48N4O6. The second-order valence-electron chi connectivity index (χ2n) is 12.2. The first-order valence-corrected chi connectivity index (χ1v) is 15.2. The predicted octanol–water partition coefficient (Wildman–Crippen LogP) is 3.11. The van der Waals surface area contributed by atoms with Gasteiger partial charge in [-0.2, -0.15) is 0 Å². The van der Waals surface area contributed by atoms with E-state index in [2.05, 4.69) is 21.3 Å². The Hall–Kier alpha value is -3.63. The maximum atomic E-state index is 13.7. The molecule has 43 heavy (non-hydrogen) atoms. The molecule has 5 atom stereocenters. The van der Waals surface area contributed by atoms with E-state index in [1.807, 2.05) is 68.4 Å². The van der Waals surface area contributed by atoms with Crippen molar-refractivity contribution in [2.45, 2.75) is 90.1 Å². The van der Waals surface area contributed by atoms with E-state index in [1.165, 1.54) is 0 Å². The summed E-state index contributed by atoms with van der Waals surface area (Å²) in [4.78, 5) is 39.4. The van der Waals surface area contributed by atoms with Gasteiger partial charge >= 0.3 is 6.09 Å². The summed E-state index contributed by atoms with van der Waals surface area (Å²) in [6.45, 7) is 10.1. The minimum absolute atomic E-state index is 0.00672. The summed E-state index contributed by atoms with van der Waals surface area (Å²) in [5, 5.41) is 23.2. The Bertz CT molecular complexity index is 1170. The molecule has 0 aromatic heterocycles. The summed E-state index contributed by atoms with van der Waals surface area (Å²) < 4.78 is 11.2. The van der Waals surface area contributed by atoms with Gasteiger partial charge in [-0.25, -0.2) is 4.79 Å². The Morgan fingerprint density at radius 3 is 2.44 bits per heavy atom. The Kier molecular flexibility index (Phi) is 12.8. The molecule has 2 bridgehead atoms. The van der Waals surface area contributed by atoms with Crippen LogP contribution in [0.25, 0.3) is 0 Å². The van der Waals surface area contributed by atoms with Crippen molar-refractivity contribution in [1.29, 1.82) is 0 Å². The molecule has 0 aliphatic carbocycles. The molecule has 10 heteroatoms. The van der Waals surface area contributed by atoms with Gasteiger partial charge in [-0.15, -0.1) is 0 Å². The Morgan fingerprint density at radius 2 is 1.79 bits per heavy atom. The molecule has 2 aromatic rings. The molecule has 4 rings (SSSR count). The molecule has 2 aromatic carbocycles. The lowest BCUT2D eigenvalue weighted by Crippen LogP contribution is -2.57. The lowest BCUT2D eigenvalue weighted by molar-refractivity contribution is -0.131. The first-order valence-electron chi connectivity index (χ1n) is 15.2. The average molecular weight is 597 g/mol.